The lowest BCUT2D eigenvalue weighted by Gasteiger charge is -2.01. The van der Waals surface area contributed by atoms with Crippen LogP contribution in [0.3, 0.4) is 0 Å². The van der Waals surface area contributed by atoms with Crippen LogP contribution in [0.1, 0.15) is 23.0 Å². The standard InChI is InChI=1S/C15H18N2O4/c1-9-3-5-11(19-9)7-16-14(18)13-15(21-13)17-8-12-6-4-10(2)20-12/h3-6,13,15,17H,7-8H2,1-2H3,(H,16,18). The Balaban J connectivity index is 1.39. The fourth-order valence-corrected chi connectivity index (χ4v) is 2.10. The topological polar surface area (TPSA) is 79.9 Å². The van der Waals surface area contributed by atoms with Gasteiger partial charge in [-0.25, -0.2) is 0 Å². The third kappa shape index (κ3) is 3.53. The monoisotopic (exact) mass is 290 g/mol. The molecule has 1 amide bonds. The van der Waals surface area contributed by atoms with Gasteiger partial charge >= 0.3 is 0 Å². The molecule has 2 N–H and O–H groups in total. The first-order valence-electron chi connectivity index (χ1n) is 6.89. The lowest BCUT2D eigenvalue weighted by Crippen LogP contribution is -2.31. The van der Waals surface area contributed by atoms with E-state index in [0.29, 0.717) is 13.1 Å². The molecule has 1 aliphatic heterocycles. The van der Waals surface area contributed by atoms with Crippen molar-refractivity contribution in [1.82, 2.24) is 10.6 Å². The van der Waals surface area contributed by atoms with Crippen LogP contribution >= 0.6 is 0 Å². The molecule has 6 heteroatoms. The summed E-state index contributed by atoms with van der Waals surface area (Å²) in [6, 6.07) is 7.52. The van der Waals surface area contributed by atoms with Gasteiger partial charge in [-0.1, -0.05) is 0 Å². The Bertz CT molecular complexity index is 631. The molecule has 1 aliphatic rings. The molecule has 0 aliphatic carbocycles. The lowest BCUT2D eigenvalue weighted by atomic mass is 10.3. The van der Waals surface area contributed by atoms with Crippen molar-refractivity contribution in [3.8, 4) is 0 Å². The molecule has 2 aromatic heterocycles. The third-order valence-electron chi connectivity index (χ3n) is 3.26. The normalized spacial score (nSPS) is 20.5. The number of amides is 1. The first-order chi connectivity index (χ1) is 10.1. The highest BCUT2D eigenvalue weighted by molar-refractivity contribution is 5.83. The van der Waals surface area contributed by atoms with E-state index in [1.807, 2.05) is 38.1 Å². The van der Waals surface area contributed by atoms with E-state index in [4.69, 9.17) is 13.6 Å². The second-order valence-electron chi connectivity index (χ2n) is 5.10. The number of aryl methyl sites for hydroxylation is 2. The van der Waals surface area contributed by atoms with E-state index in [0.717, 1.165) is 23.0 Å². The van der Waals surface area contributed by atoms with Gasteiger partial charge in [0.2, 0.25) is 0 Å². The van der Waals surface area contributed by atoms with Crippen molar-refractivity contribution in [3.05, 3.63) is 47.3 Å². The van der Waals surface area contributed by atoms with Crippen LogP contribution < -0.4 is 10.6 Å². The van der Waals surface area contributed by atoms with Gasteiger partial charge in [0.05, 0.1) is 13.1 Å². The van der Waals surface area contributed by atoms with E-state index < -0.39 is 6.10 Å². The second kappa shape index (κ2) is 5.75. The van der Waals surface area contributed by atoms with E-state index in [-0.39, 0.29) is 12.1 Å². The van der Waals surface area contributed by atoms with Crippen molar-refractivity contribution < 1.29 is 18.4 Å². The van der Waals surface area contributed by atoms with Crippen LogP contribution in [0.25, 0.3) is 0 Å². The average molecular weight is 290 g/mol. The number of carbonyl (C=O) groups is 1. The SMILES string of the molecule is Cc1ccc(CNC(=O)C2OC2NCc2ccc(C)o2)o1. The van der Waals surface area contributed by atoms with Gasteiger partial charge in [0.25, 0.3) is 5.91 Å². The fraction of sp³-hybridized carbons (Fsp3) is 0.400. The molecule has 1 saturated heterocycles. The van der Waals surface area contributed by atoms with Crippen LogP contribution in [-0.4, -0.2) is 18.2 Å². The largest absolute Gasteiger partial charge is 0.465 e. The van der Waals surface area contributed by atoms with Gasteiger partial charge in [0.1, 0.15) is 29.3 Å². The van der Waals surface area contributed by atoms with Crippen LogP contribution in [0.15, 0.2) is 33.1 Å². The molecule has 0 aromatic carbocycles. The molecule has 2 unspecified atom stereocenters. The van der Waals surface area contributed by atoms with Gasteiger partial charge in [0.15, 0.2) is 6.10 Å². The summed E-state index contributed by atoms with van der Waals surface area (Å²) in [5.41, 5.74) is 0. The van der Waals surface area contributed by atoms with Crippen LogP contribution in [0.2, 0.25) is 0 Å². The number of ether oxygens (including phenoxy) is 1. The molecule has 1 fully saturated rings. The fourth-order valence-electron chi connectivity index (χ4n) is 2.10. The van der Waals surface area contributed by atoms with Crippen molar-refractivity contribution in [2.24, 2.45) is 0 Å². The predicted octanol–water partition coefficient (Wildman–Crippen LogP) is 1.62. The second-order valence-corrected chi connectivity index (χ2v) is 5.10. The lowest BCUT2D eigenvalue weighted by molar-refractivity contribution is -0.122. The first-order valence-corrected chi connectivity index (χ1v) is 6.89. The molecule has 6 nitrogen and oxygen atoms in total. The van der Waals surface area contributed by atoms with Crippen LogP contribution in [0.4, 0.5) is 0 Å². The molecule has 3 heterocycles. The zero-order valence-electron chi connectivity index (χ0n) is 12.0. The number of nitrogens with one attached hydrogen (secondary N) is 2. The van der Waals surface area contributed by atoms with Gasteiger partial charge < -0.3 is 18.9 Å². The van der Waals surface area contributed by atoms with Gasteiger partial charge in [-0.05, 0) is 38.1 Å². The number of hydrogen-bond donors (Lipinski definition) is 2. The quantitative estimate of drug-likeness (QED) is 0.790. The number of furan rings is 2. The highest BCUT2D eigenvalue weighted by atomic mass is 16.6. The summed E-state index contributed by atoms with van der Waals surface area (Å²) >= 11 is 0. The zero-order chi connectivity index (χ0) is 14.8. The summed E-state index contributed by atoms with van der Waals surface area (Å²) in [7, 11) is 0. The summed E-state index contributed by atoms with van der Waals surface area (Å²) in [5.74, 6) is 3.12. The molecule has 21 heavy (non-hydrogen) atoms. The minimum Gasteiger partial charge on any atom is -0.465 e. The Hall–Kier alpha value is -2.05. The maximum absolute atomic E-state index is 11.9. The number of carbonyl (C=O) groups excluding carboxylic acids is 1. The average Bonchev–Trinajstić information content (AvgIpc) is 2.94. The summed E-state index contributed by atoms with van der Waals surface area (Å²) < 4.78 is 16.1. The predicted molar refractivity (Wildman–Crippen MR) is 74.2 cm³/mol. The molecule has 0 bridgehead atoms. The van der Waals surface area contributed by atoms with Crippen LogP contribution in [0, 0.1) is 13.8 Å². The first kappa shape index (κ1) is 13.9. The van der Waals surface area contributed by atoms with Gasteiger partial charge in [0, 0.05) is 0 Å². The van der Waals surface area contributed by atoms with E-state index in [9.17, 15) is 4.79 Å². The summed E-state index contributed by atoms with van der Waals surface area (Å²) in [4.78, 5) is 11.9. The van der Waals surface area contributed by atoms with Gasteiger partial charge in [-0.3, -0.25) is 10.1 Å². The Labute approximate surface area is 122 Å². The highest BCUT2D eigenvalue weighted by Gasteiger charge is 2.44. The van der Waals surface area contributed by atoms with Crippen molar-refractivity contribution in [3.63, 3.8) is 0 Å². The minimum atomic E-state index is -0.447. The smallest absolute Gasteiger partial charge is 0.253 e. The van der Waals surface area contributed by atoms with Crippen molar-refractivity contribution >= 4 is 5.91 Å². The molecule has 2 aromatic rings. The van der Waals surface area contributed by atoms with Crippen molar-refractivity contribution in [1.29, 1.82) is 0 Å². The number of rotatable bonds is 6. The van der Waals surface area contributed by atoms with Gasteiger partial charge in [-0.15, -0.1) is 0 Å². The highest BCUT2D eigenvalue weighted by Crippen LogP contribution is 2.20. The van der Waals surface area contributed by atoms with E-state index in [2.05, 4.69) is 10.6 Å². The maximum Gasteiger partial charge on any atom is 0.253 e. The Morgan fingerprint density at radius 3 is 2.24 bits per heavy atom. The van der Waals surface area contributed by atoms with E-state index in [1.54, 1.807) is 0 Å². The summed E-state index contributed by atoms with van der Waals surface area (Å²) in [6.45, 7) is 4.67. The summed E-state index contributed by atoms with van der Waals surface area (Å²) in [5, 5.41) is 5.90. The van der Waals surface area contributed by atoms with Crippen LogP contribution in [0.5, 0.6) is 0 Å². The molecule has 0 radical (unpaired) electrons. The minimum absolute atomic E-state index is 0.142. The van der Waals surface area contributed by atoms with Crippen molar-refractivity contribution in [2.45, 2.75) is 39.3 Å². The maximum atomic E-state index is 11.9. The van der Waals surface area contributed by atoms with Crippen LogP contribution in [-0.2, 0) is 22.6 Å². The van der Waals surface area contributed by atoms with E-state index in [1.165, 1.54) is 0 Å². The molecule has 0 spiro atoms. The van der Waals surface area contributed by atoms with Crippen molar-refractivity contribution in [2.75, 3.05) is 0 Å². The number of epoxide rings is 1. The molecule has 3 rings (SSSR count). The third-order valence-corrected chi connectivity index (χ3v) is 3.26. The zero-order valence-corrected chi connectivity index (χ0v) is 12.0. The Kier molecular flexibility index (Phi) is 3.81. The molecule has 0 saturated carbocycles. The summed E-state index contributed by atoms with van der Waals surface area (Å²) in [6.07, 6.45) is -0.703. The Morgan fingerprint density at radius 2 is 1.67 bits per heavy atom. The molecular weight excluding hydrogens is 272 g/mol. The number of hydrogen-bond acceptors (Lipinski definition) is 5. The molecule has 112 valence electrons. The van der Waals surface area contributed by atoms with Gasteiger partial charge in [-0.2, -0.15) is 0 Å². The van der Waals surface area contributed by atoms with E-state index >= 15 is 0 Å². The Morgan fingerprint density at radius 1 is 1.05 bits per heavy atom. The molecular formula is C15H18N2O4. The molecule has 2 atom stereocenters.